The van der Waals surface area contributed by atoms with Gasteiger partial charge in [-0.1, -0.05) is 0 Å². The molecule has 0 amide bonds. The van der Waals surface area contributed by atoms with Crippen LogP contribution in [-0.2, 0) is 4.74 Å². The van der Waals surface area contributed by atoms with E-state index in [-0.39, 0.29) is 5.54 Å². The Kier molecular flexibility index (Phi) is 5.58. The smallest absolute Gasteiger partial charge is 0.0594 e. The Morgan fingerprint density at radius 3 is 2.40 bits per heavy atom. The minimum Gasteiger partial charge on any atom is -0.379 e. The molecule has 0 aliphatic carbocycles. The van der Waals surface area contributed by atoms with Gasteiger partial charge >= 0.3 is 0 Å². The molecule has 0 radical (unpaired) electrons. The van der Waals surface area contributed by atoms with Crippen LogP contribution in [0.25, 0.3) is 0 Å². The molecule has 0 unspecified atom stereocenters. The molecule has 0 spiro atoms. The summed E-state index contributed by atoms with van der Waals surface area (Å²) in [5.41, 5.74) is 0.207. The Morgan fingerprint density at radius 2 is 1.80 bits per heavy atom. The average Bonchev–Trinajstić information content (AvgIpc) is 2.61. The second kappa shape index (κ2) is 6.46. The summed E-state index contributed by atoms with van der Waals surface area (Å²) in [4.78, 5) is 2.48. The van der Waals surface area contributed by atoms with Crippen LogP contribution in [0.1, 0.15) is 33.6 Å². The Labute approximate surface area is 94.2 Å². The van der Waals surface area contributed by atoms with Crippen LogP contribution in [-0.4, -0.2) is 49.8 Å². The van der Waals surface area contributed by atoms with Gasteiger partial charge in [0.15, 0.2) is 0 Å². The van der Waals surface area contributed by atoms with Crippen molar-refractivity contribution in [1.82, 2.24) is 10.2 Å². The molecule has 3 heteroatoms. The van der Waals surface area contributed by atoms with Crippen LogP contribution < -0.4 is 5.32 Å². The minimum absolute atomic E-state index is 0.207. The summed E-state index contributed by atoms with van der Waals surface area (Å²) in [7, 11) is 0. The third-order valence-electron chi connectivity index (χ3n) is 2.65. The van der Waals surface area contributed by atoms with Gasteiger partial charge in [-0.2, -0.15) is 0 Å². The molecule has 3 nitrogen and oxygen atoms in total. The summed E-state index contributed by atoms with van der Waals surface area (Å²) < 4.78 is 5.59. The van der Waals surface area contributed by atoms with Crippen LogP contribution in [0.2, 0.25) is 0 Å². The molecule has 0 aromatic carbocycles. The van der Waals surface area contributed by atoms with Gasteiger partial charge in [0.05, 0.1) is 13.2 Å². The zero-order valence-corrected chi connectivity index (χ0v) is 10.5. The predicted octanol–water partition coefficient (Wildman–Crippen LogP) is 1.49. The molecule has 1 N–H and O–H groups in total. The Morgan fingerprint density at radius 1 is 1.13 bits per heavy atom. The quantitative estimate of drug-likeness (QED) is 0.678. The van der Waals surface area contributed by atoms with Crippen molar-refractivity contribution in [2.45, 2.75) is 39.2 Å². The summed E-state index contributed by atoms with van der Waals surface area (Å²) in [6.45, 7) is 12.8. The molecule has 0 saturated carbocycles. The molecule has 90 valence electrons. The molecular formula is C12H26N2O. The monoisotopic (exact) mass is 214 g/mol. The van der Waals surface area contributed by atoms with Crippen LogP contribution in [0.15, 0.2) is 0 Å². The maximum absolute atomic E-state index is 5.59. The molecule has 1 heterocycles. The van der Waals surface area contributed by atoms with Gasteiger partial charge in [-0.15, -0.1) is 0 Å². The fourth-order valence-corrected chi connectivity index (χ4v) is 1.80. The SMILES string of the molecule is CC(C)(C)NCCOCCN1CCCC1. The fraction of sp³-hybridized carbons (Fsp3) is 1.00. The van der Waals surface area contributed by atoms with Gasteiger partial charge < -0.3 is 15.0 Å². The highest BCUT2D eigenvalue weighted by Crippen LogP contribution is 2.05. The Hall–Kier alpha value is -0.120. The topological polar surface area (TPSA) is 24.5 Å². The van der Waals surface area contributed by atoms with Crippen molar-refractivity contribution in [3.8, 4) is 0 Å². The molecular weight excluding hydrogens is 188 g/mol. The van der Waals surface area contributed by atoms with Crippen molar-refractivity contribution >= 4 is 0 Å². The summed E-state index contributed by atoms with van der Waals surface area (Å²) >= 11 is 0. The summed E-state index contributed by atoms with van der Waals surface area (Å²) in [5, 5.41) is 3.41. The first kappa shape index (κ1) is 12.9. The van der Waals surface area contributed by atoms with E-state index in [9.17, 15) is 0 Å². The third kappa shape index (κ3) is 6.88. The summed E-state index contributed by atoms with van der Waals surface area (Å²) in [6.07, 6.45) is 2.73. The lowest BCUT2D eigenvalue weighted by Crippen LogP contribution is -2.38. The largest absolute Gasteiger partial charge is 0.379 e. The lowest BCUT2D eigenvalue weighted by molar-refractivity contribution is 0.109. The molecule has 1 fully saturated rings. The maximum atomic E-state index is 5.59. The van der Waals surface area contributed by atoms with Crippen molar-refractivity contribution in [3.05, 3.63) is 0 Å². The molecule has 0 aromatic rings. The molecule has 0 atom stereocenters. The highest BCUT2D eigenvalue weighted by molar-refractivity contribution is 4.69. The van der Waals surface area contributed by atoms with E-state index in [4.69, 9.17) is 4.74 Å². The summed E-state index contributed by atoms with van der Waals surface area (Å²) in [6, 6.07) is 0. The van der Waals surface area contributed by atoms with E-state index in [1.807, 2.05) is 0 Å². The van der Waals surface area contributed by atoms with Gasteiger partial charge in [0.1, 0.15) is 0 Å². The van der Waals surface area contributed by atoms with Crippen molar-refractivity contribution in [2.24, 2.45) is 0 Å². The average molecular weight is 214 g/mol. The molecule has 0 aromatic heterocycles. The van der Waals surface area contributed by atoms with Gasteiger partial charge in [0.2, 0.25) is 0 Å². The minimum atomic E-state index is 0.207. The van der Waals surface area contributed by atoms with E-state index >= 15 is 0 Å². The van der Waals surface area contributed by atoms with E-state index in [0.29, 0.717) is 0 Å². The molecule has 0 bridgehead atoms. The normalized spacial score (nSPS) is 18.6. The first-order chi connectivity index (χ1) is 7.08. The van der Waals surface area contributed by atoms with Gasteiger partial charge in [0.25, 0.3) is 0 Å². The molecule has 1 rings (SSSR count). The van der Waals surface area contributed by atoms with Crippen molar-refractivity contribution < 1.29 is 4.74 Å². The van der Waals surface area contributed by atoms with Crippen LogP contribution in [0.4, 0.5) is 0 Å². The predicted molar refractivity (Wildman–Crippen MR) is 64.2 cm³/mol. The fourth-order valence-electron chi connectivity index (χ4n) is 1.80. The number of likely N-dealkylation sites (tertiary alicyclic amines) is 1. The number of nitrogens with one attached hydrogen (secondary N) is 1. The first-order valence-electron chi connectivity index (χ1n) is 6.13. The van der Waals surface area contributed by atoms with Crippen LogP contribution in [0.3, 0.4) is 0 Å². The first-order valence-corrected chi connectivity index (χ1v) is 6.13. The molecule has 1 saturated heterocycles. The number of hydrogen-bond donors (Lipinski definition) is 1. The molecule has 1 aliphatic heterocycles. The Balaban J connectivity index is 1.84. The van der Waals surface area contributed by atoms with Gasteiger partial charge in [-0.25, -0.2) is 0 Å². The standard InChI is InChI=1S/C12H26N2O/c1-12(2,3)13-6-10-15-11-9-14-7-4-5-8-14/h13H,4-11H2,1-3H3. The van der Waals surface area contributed by atoms with Gasteiger partial charge in [-0.05, 0) is 46.7 Å². The highest BCUT2D eigenvalue weighted by atomic mass is 16.5. The molecule has 15 heavy (non-hydrogen) atoms. The maximum Gasteiger partial charge on any atom is 0.0594 e. The number of ether oxygens (including phenoxy) is 1. The van der Waals surface area contributed by atoms with Crippen LogP contribution in [0, 0.1) is 0 Å². The van der Waals surface area contributed by atoms with E-state index in [0.717, 1.165) is 26.3 Å². The Bertz CT molecular complexity index is 159. The second-order valence-electron chi connectivity index (χ2n) is 5.34. The van der Waals surface area contributed by atoms with Crippen LogP contribution in [0.5, 0.6) is 0 Å². The van der Waals surface area contributed by atoms with Gasteiger partial charge in [0, 0.05) is 18.6 Å². The lowest BCUT2D eigenvalue weighted by Gasteiger charge is -2.20. The number of nitrogens with zero attached hydrogens (tertiary/aromatic N) is 1. The second-order valence-corrected chi connectivity index (χ2v) is 5.34. The van der Waals surface area contributed by atoms with Crippen molar-refractivity contribution in [1.29, 1.82) is 0 Å². The van der Waals surface area contributed by atoms with Gasteiger partial charge in [-0.3, -0.25) is 0 Å². The number of rotatable bonds is 6. The van der Waals surface area contributed by atoms with E-state index < -0.39 is 0 Å². The third-order valence-corrected chi connectivity index (χ3v) is 2.65. The van der Waals surface area contributed by atoms with Crippen molar-refractivity contribution in [2.75, 3.05) is 39.4 Å². The zero-order chi connectivity index (χ0) is 11.1. The molecule has 1 aliphatic rings. The highest BCUT2D eigenvalue weighted by Gasteiger charge is 2.10. The van der Waals surface area contributed by atoms with E-state index in [1.165, 1.54) is 25.9 Å². The van der Waals surface area contributed by atoms with E-state index in [2.05, 4.69) is 31.0 Å². The summed E-state index contributed by atoms with van der Waals surface area (Å²) in [5.74, 6) is 0. The van der Waals surface area contributed by atoms with Crippen LogP contribution >= 0.6 is 0 Å². The van der Waals surface area contributed by atoms with Crippen molar-refractivity contribution in [3.63, 3.8) is 0 Å². The zero-order valence-electron chi connectivity index (χ0n) is 10.5. The number of hydrogen-bond acceptors (Lipinski definition) is 3. The van der Waals surface area contributed by atoms with E-state index in [1.54, 1.807) is 0 Å². The lowest BCUT2D eigenvalue weighted by atomic mass is 10.1.